The number of hydrogen-bond donors (Lipinski definition) is 3. The van der Waals surface area contributed by atoms with Gasteiger partial charge in [0.15, 0.2) is 0 Å². The van der Waals surface area contributed by atoms with Crippen LogP contribution < -0.4 is 19.7 Å². The largest absolute Gasteiger partial charge is 0.494 e. The molecule has 2 aromatic carbocycles. The molecule has 204 valence electrons. The van der Waals surface area contributed by atoms with Crippen molar-refractivity contribution in [2.24, 2.45) is 5.41 Å². The summed E-state index contributed by atoms with van der Waals surface area (Å²) in [5.74, 6) is -1.72. The summed E-state index contributed by atoms with van der Waals surface area (Å²) in [6, 6.07) is 7.53. The standard InChI is InChI=1S/C25H28F3N5O4S/c1-3-38(35,36)32-15-4-5-16(18(14-15)33-12-10-24(8-9-24)11-13-33)22(34)29-17-6-7-19(37-2)21-20(17)30-23(31-21)25(26,27)28/h4-7,14,32H,3,8-13H2,1-2H3,(H,29,34)(H,30,31). The van der Waals surface area contributed by atoms with E-state index in [1.165, 1.54) is 51.1 Å². The zero-order valence-electron chi connectivity index (χ0n) is 20.9. The molecule has 1 spiro atoms. The van der Waals surface area contributed by atoms with Crippen LogP contribution in [-0.2, 0) is 16.2 Å². The zero-order valence-corrected chi connectivity index (χ0v) is 21.7. The van der Waals surface area contributed by atoms with Crippen LogP contribution in [0.3, 0.4) is 0 Å². The number of ether oxygens (including phenoxy) is 1. The summed E-state index contributed by atoms with van der Waals surface area (Å²) in [5.41, 5.74) is 1.53. The minimum atomic E-state index is -4.71. The summed E-state index contributed by atoms with van der Waals surface area (Å²) in [4.78, 5) is 21.5. The van der Waals surface area contributed by atoms with Crippen LogP contribution in [0.2, 0.25) is 0 Å². The number of nitrogens with one attached hydrogen (secondary N) is 3. The summed E-state index contributed by atoms with van der Waals surface area (Å²) in [5, 5.41) is 2.69. The number of aromatic nitrogens is 2. The third-order valence-electron chi connectivity index (χ3n) is 7.36. The van der Waals surface area contributed by atoms with E-state index in [1.807, 2.05) is 0 Å². The number of carbonyl (C=O) groups excluding carboxylic acids is 1. The van der Waals surface area contributed by atoms with Gasteiger partial charge in [-0.3, -0.25) is 9.52 Å². The molecule has 0 atom stereocenters. The van der Waals surface area contributed by atoms with Crippen molar-refractivity contribution in [2.45, 2.75) is 38.8 Å². The number of fused-ring (bicyclic) bond motifs is 1. The number of H-pyrrole nitrogens is 1. The van der Waals surface area contributed by atoms with Crippen LogP contribution >= 0.6 is 0 Å². The van der Waals surface area contributed by atoms with E-state index in [9.17, 15) is 26.4 Å². The van der Waals surface area contributed by atoms with Gasteiger partial charge >= 0.3 is 6.18 Å². The number of piperidine rings is 1. The maximum Gasteiger partial charge on any atom is 0.449 e. The van der Waals surface area contributed by atoms with Crippen molar-refractivity contribution < 1.29 is 31.1 Å². The lowest BCUT2D eigenvalue weighted by atomic mass is 9.93. The Morgan fingerprint density at radius 2 is 1.87 bits per heavy atom. The maximum atomic E-state index is 13.5. The monoisotopic (exact) mass is 551 g/mol. The predicted molar refractivity (Wildman–Crippen MR) is 138 cm³/mol. The maximum absolute atomic E-state index is 13.5. The van der Waals surface area contributed by atoms with Gasteiger partial charge in [0.1, 0.15) is 16.8 Å². The van der Waals surface area contributed by atoms with Crippen molar-refractivity contribution >= 4 is 44.0 Å². The number of rotatable bonds is 7. The van der Waals surface area contributed by atoms with E-state index in [1.54, 1.807) is 6.07 Å². The third-order valence-corrected chi connectivity index (χ3v) is 8.67. The molecule has 0 bridgehead atoms. The van der Waals surface area contributed by atoms with Crippen molar-refractivity contribution in [3.05, 3.63) is 41.7 Å². The first-order valence-electron chi connectivity index (χ1n) is 12.3. The van der Waals surface area contributed by atoms with Crippen LogP contribution in [0.4, 0.5) is 30.2 Å². The molecule has 1 aliphatic heterocycles. The molecule has 5 rings (SSSR count). The highest BCUT2D eigenvalue weighted by Crippen LogP contribution is 2.54. The van der Waals surface area contributed by atoms with Gasteiger partial charge in [-0.05, 0) is 68.4 Å². The number of aromatic amines is 1. The van der Waals surface area contributed by atoms with Gasteiger partial charge in [0.05, 0.1) is 35.5 Å². The molecule has 9 nitrogen and oxygen atoms in total. The van der Waals surface area contributed by atoms with Crippen molar-refractivity contribution in [3.8, 4) is 5.75 Å². The molecule has 13 heteroatoms. The molecule has 2 heterocycles. The number of hydrogen-bond acceptors (Lipinski definition) is 6. The Balaban J connectivity index is 1.50. The van der Waals surface area contributed by atoms with E-state index >= 15 is 0 Å². The van der Waals surface area contributed by atoms with Crippen LogP contribution in [-0.4, -0.2) is 50.2 Å². The Labute approximate surface area is 217 Å². The first-order valence-corrected chi connectivity index (χ1v) is 13.9. The van der Waals surface area contributed by atoms with Crippen LogP contribution in [0, 0.1) is 5.41 Å². The number of carbonyl (C=O) groups is 1. The highest BCUT2D eigenvalue weighted by atomic mass is 32.2. The van der Waals surface area contributed by atoms with Crippen LogP contribution in [0.1, 0.15) is 48.8 Å². The molecule has 38 heavy (non-hydrogen) atoms. The summed E-state index contributed by atoms with van der Waals surface area (Å²) in [6.45, 7) is 2.95. The lowest BCUT2D eigenvalue weighted by Crippen LogP contribution is -2.35. The van der Waals surface area contributed by atoms with Crippen molar-refractivity contribution in [2.75, 3.05) is 40.9 Å². The number of anilines is 3. The summed E-state index contributed by atoms with van der Waals surface area (Å²) in [6.07, 6.45) is -0.367. The van der Waals surface area contributed by atoms with Gasteiger partial charge in [-0.2, -0.15) is 13.2 Å². The summed E-state index contributed by atoms with van der Waals surface area (Å²) in [7, 11) is -2.21. The van der Waals surface area contributed by atoms with Gasteiger partial charge in [0.2, 0.25) is 15.8 Å². The molecule has 1 aliphatic carbocycles. The predicted octanol–water partition coefficient (Wildman–Crippen LogP) is 4.98. The van der Waals surface area contributed by atoms with E-state index in [-0.39, 0.29) is 33.8 Å². The first kappa shape index (κ1) is 26.1. The smallest absolute Gasteiger partial charge is 0.449 e. The Bertz CT molecular complexity index is 1490. The normalized spacial score (nSPS) is 17.0. The van der Waals surface area contributed by atoms with Crippen molar-refractivity contribution in [1.82, 2.24) is 9.97 Å². The molecule has 2 aliphatic rings. The van der Waals surface area contributed by atoms with E-state index in [0.717, 1.165) is 12.8 Å². The number of methoxy groups -OCH3 is 1. The lowest BCUT2D eigenvalue weighted by Gasteiger charge is -2.35. The van der Waals surface area contributed by atoms with Crippen LogP contribution in [0.5, 0.6) is 5.75 Å². The van der Waals surface area contributed by atoms with Crippen LogP contribution in [0.25, 0.3) is 11.0 Å². The number of nitrogens with zero attached hydrogens (tertiary/aromatic N) is 2. The van der Waals surface area contributed by atoms with Gasteiger partial charge in [0.25, 0.3) is 5.91 Å². The zero-order chi connectivity index (χ0) is 27.3. The minimum absolute atomic E-state index is 0.00734. The second kappa shape index (κ2) is 9.37. The molecular formula is C25H28F3N5O4S. The van der Waals surface area contributed by atoms with Crippen LogP contribution in [0.15, 0.2) is 30.3 Å². The number of amides is 1. The molecule has 1 aromatic heterocycles. The lowest BCUT2D eigenvalue weighted by molar-refractivity contribution is -0.144. The van der Waals surface area contributed by atoms with Gasteiger partial charge in [-0.25, -0.2) is 13.4 Å². The summed E-state index contributed by atoms with van der Waals surface area (Å²) < 4.78 is 72.0. The molecular weight excluding hydrogens is 523 g/mol. The fraction of sp³-hybridized carbons (Fsp3) is 0.440. The van der Waals surface area contributed by atoms with Gasteiger partial charge < -0.3 is 19.9 Å². The number of halogens is 3. The molecule has 1 saturated heterocycles. The first-order chi connectivity index (χ1) is 17.9. The second-order valence-electron chi connectivity index (χ2n) is 9.80. The average Bonchev–Trinajstić information content (AvgIpc) is 3.45. The second-order valence-corrected chi connectivity index (χ2v) is 11.8. The van der Waals surface area contributed by atoms with E-state index in [2.05, 4.69) is 24.9 Å². The third kappa shape index (κ3) is 5.11. The number of benzene rings is 2. The number of sulfonamides is 1. The van der Waals surface area contributed by atoms with E-state index in [0.29, 0.717) is 29.9 Å². The Morgan fingerprint density at radius 3 is 2.47 bits per heavy atom. The summed E-state index contributed by atoms with van der Waals surface area (Å²) >= 11 is 0. The SMILES string of the molecule is CCS(=O)(=O)Nc1ccc(C(=O)Nc2ccc(OC)c3[nH]c(C(F)(F)F)nc23)c(N2CCC3(CC2)CC3)c1. The highest BCUT2D eigenvalue weighted by Gasteiger charge is 2.44. The van der Waals surface area contributed by atoms with Crippen molar-refractivity contribution in [1.29, 1.82) is 0 Å². The molecule has 2 fully saturated rings. The van der Waals surface area contributed by atoms with E-state index in [4.69, 9.17) is 4.74 Å². The molecule has 3 aromatic rings. The Kier molecular flexibility index (Phi) is 6.44. The molecule has 1 amide bonds. The number of alkyl halides is 3. The average molecular weight is 552 g/mol. The molecule has 1 saturated carbocycles. The minimum Gasteiger partial charge on any atom is -0.494 e. The van der Waals surface area contributed by atoms with Gasteiger partial charge in [-0.15, -0.1) is 0 Å². The van der Waals surface area contributed by atoms with E-state index < -0.39 is 27.9 Å². The fourth-order valence-electron chi connectivity index (χ4n) is 4.86. The Hall–Kier alpha value is -3.48. The highest BCUT2D eigenvalue weighted by molar-refractivity contribution is 7.92. The topological polar surface area (TPSA) is 116 Å². The molecule has 0 unspecified atom stereocenters. The quantitative estimate of drug-likeness (QED) is 0.381. The number of imidazole rings is 1. The van der Waals surface area contributed by atoms with Crippen molar-refractivity contribution in [3.63, 3.8) is 0 Å². The molecule has 3 N–H and O–H groups in total. The molecule has 0 radical (unpaired) electrons. The van der Waals surface area contributed by atoms with Gasteiger partial charge in [-0.1, -0.05) is 0 Å². The fourth-order valence-corrected chi connectivity index (χ4v) is 5.49. The van der Waals surface area contributed by atoms with Gasteiger partial charge in [0, 0.05) is 13.1 Å². The Morgan fingerprint density at radius 1 is 1.16 bits per heavy atom.